The molecule has 0 aliphatic heterocycles. The Kier molecular flexibility index (Phi) is 4.92. The van der Waals surface area contributed by atoms with Gasteiger partial charge in [0.2, 0.25) is 15.9 Å². The van der Waals surface area contributed by atoms with Gasteiger partial charge in [-0.2, -0.15) is 0 Å². The number of rotatable bonds is 3. The SMILES string of the molecule is NS(=O)(=O)c1ccc(NC(=S)N=Cc2c(O)[nH]c(=O)[nH]c2=O)cc1. The van der Waals surface area contributed by atoms with Crippen molar-refractivity contribution in [3.63, 3.8) is 0 Å². The number of aromatic hydroxyl groups is 1. The highest BCUT2D eigenvalue weighted by Gasteiger charge is 2.08. The van der Waals surface area contributed by atoms with Crippen LogP contribution in [0, 0.1) is 0 Å². The molecule has 24 heavy (non-hydrogen) atoms. The zero-order chi connectivity index (χ0) is 17.9. The van der Waals surface area contributed by atoms with Crippen LogP contribution in [0.15, 0.2) is 43.7 Å². The lowest BCUT2D eigenvalue weighted by Crippen LogP contribution is -2.25. The van der Waals surface area contributed by atoms with Gasteiger partial charge < -0.3 is 10.4 Å². The van der Waals surface area contributed by atoms with E-state index in [-0.39, 0.29) is 15.6 Å². The van der Waals surface area contributed by atoms with Gasteiger partial charge in [0.1, 0.15) is 5.56 Å². The lowest BCUT2D eigenvalue weighted by Gasteiger charge is -2.04. The first-order valence-corrected chi connectivity index (χ1v) is 8.16. The Labute approximate surface area is 140 Å². The molecule has 0 atom stereocenters. The van der Waals surface area contributed by atoms with Gasteiger partial charge in [0, 0.05) is 11.9 Å². The summed E-state index contributed by atoms with van der Waals surface area (Å²) >= 11 is 4.94. The van der Waals surface area contributed by atoms with E-state index in [1.54, 1.807) is 0 Å². The highest BCUT2D eigenvalue weighted by atomic mass is 32.2. The van der Waals surface area contributed by atoms with Crippen molar-refractivity contribution < 1.29 is 13.5 Å². The van der Waals surface area contributed by atoms with Crippen molar-refractivity contribution in [1.29, 1.82) is 0 Å². The van der Waals surface area contributed by atoms with Crippen molar-refractivity contribution >= 4 is 39.3 Å². The fourth-order valence-electron chi connectivity index (χ4n) is 1.61. The number of benzene rings is 1. The Morgan fingerprint density at radius 1 is 1.25 bits per heavy atom. The minimum Gasteiger partial charge on any atom is -0.494 e. The van der Waals surface area contributed by atoms with Gasteiger partial charge >= 0.3 is 5.69 Å². The van der Waals surface area contributed by atoms with Crippen molar-refractivity contribution in [2.45, 2.75) is 4.90 Å². The monoisotopic (exact) mass is 369 g/mol. The number of aromatic nitrogens is 2. The zero-order valence-electron chi connectivity index (χ0n) is 11.8. The average Bonchev–Trinajstić information content (AvgIpc) is 2.45. The van der Waals surface area contributed by atoms with Crippen LogP contribution in [0.1, 0.15) is 5.56 Å². The quantitative estimate of drug-likeness (QED) is 0.349. The van der Waals surface area contributed by atoms with Crippen molar-refractivity contribution in [2.24, 2.45) is 10.1 Å². The van der Waals surface area contributed by atoms with E-state index in [0.717, 1.165) is 6.21 Å². The number of primary sulfonamides is 1. The Balaban J connectivity index is 2.14. The molecule has 0 unspecified atom stereocenters. The Morgan fingerprint density at radius 2 is 1.88 bits per heavy atom. The fraction of sp³-hybridized carbons (Fsp3) is 0. The summed E-state index contributed by atoms with van der Waals surface area (Å²) in [6, 6.07) is 5.41. The summed E-state index contributed by atoms with van der Waals surface area (Å²) in [5.41, 5.74) is -1.53. The van der Waals surface area contributed by atoms with Crippen LogP contribution in [0.3, 0.4) is 0 Å². The molecule has 0 saturated heterocycles. The van der Waals surface area contributed by atoms with Crippen LogP contribution in [0.5, 0.6) is 5.88 Å². The molecule has 0 spiro atoms. The number of hydrogen-bond acceptors (Lipinski definition) is 6. The van der Waals surface area contributed by atoms with E-state index in [2.05, 4.69) is 10.3 Å². The molecule has 0 fully saturated rings. The molecule has 10 nitrogen and oxygen atoms in total. The standard InChI is InChI=1S/C12H11N5O5S2/c13-24(21,22)7-3-1-6(2-4-7)15-12(23)14-5-8-9(18)16-11(20)17-10(8)19/h1-5H,(H,15,23)(H2,13,21,22)(H3,16,17,18,19,20). The van der Waals surface area contributed by atoms with E-state index in [1.807, 2.05) is 9.97 Å². The van der Waals surface area contributed by atoms with Crippen LogP contribution >= 0.6 is 12.2 Å². The summed E-state index contributed by atoms with van der Waals surface area (Å²) < 4.78 is 22.3. The second-order valence-electron chi connectivity index (χ2n) is 4.43. The van der Waals surface area contributed by atoms with Crippen LogP contribution in [0.25, 0.3) is 0 Å². The molecule has 0 bridgehead atoms. The van der Waals surface area contributed by atoms with Crippen molar-refractivity contribution in [1.82, 2.24) is 9.97 Å². The summed E-state index contributed by atoms with van der Waals surface area (Å²) in [5.74, 6) is -0.646. The molecule has 1 aromatic heterocycles. The van der Waals surface area contributed by atoms with Gasteiger partial charge in [-0.3, -0.25) is 14.8 Å². The zero-order valence-corrected chi connectivity index (χ0v) is 13.4. The average molecular weight is 369 g/mol. The number of anilines is 1. The number of H-pyrrole nitrogens is 2. The molecule has 0 amide bonds. The van der Waals surface area contributed by atoms with Crippen molar-refractivity contribution in [3.8, 4) is 5.88 Å². The smallest absolute Gasteiger partial charge is 0.328 e. The first-order valence-electron chi connectivity index (χ1n) is 6.20. The van der Waals surface area contributed by atoms with Crippen LogP contribution in [-0.4, -0.2) is 34.8 Å². The summed E-state index contributed by atoms with van der Waals surface area (Å²) in [4.78, 5) is 30.1. The minimum absolute atomic E-state index is 0.0628. The Morgan fingerprint density at radius 3 is 2.42 bits per heavy atom. The van der Waals surface area contributed by atoms with Crippen LogP contribution in [-0.2, 0) is 10.0 Å². The predicted molar refractivity (Wildman–Crippen MR) is 91.0 cm³/mol. The molecule has 0 saturated carbocycles. The number of nitrogens with zero attached hydrogens (tertiary/aromatic N) is 1. The topological polar surface area (TPSA) is 170 Å². The van der Waals surface area contributed by atoms with Gasteiger partial charge in [-0.1, -0.05) is 0 Å². The molecule has 12 heteroatoms. The number of aromatic amines is 2. The molecule has 126 valence electrons. The van der Waals surface area contributed by atoms with E-state index in [4.69, 9.17) is 17.4 Å². The third-order valence-corrected chi connectivity index (χ3v) is 3.84. The minimum atomic E-state index is -3.79. The molecule has 0 radical (unpaired) electrons. The van der Waals surface area contributed by atoms with Gasteiger partial charge in [0.15, 0.2) is 5.11 Å². The van der Waals surface area contributed by atoms with Crippen LogP contribution in [0.4, 0.5) is 5.69 Å². The Hall–Kier alpha value is -2.83. The molecular weight excluding hydrogens is 358 g/mol. The highest BCUT2D eigenvalue weighted by molar-refractivity contribution is 7.89. The molecule has 0 aliphatic rings. The second-order valence-corrected chi connectivity index (χ2v) is 6.38. The maximum atomic E-state index is 11.5. The number of sulfonamides is 1. The number of aliphatic imine (C=N–C) groups is 1. The molecular formula is C12H11N5O5S2. The number of nitrogens with one attached hydrogen (secondary N) is 3. The number of hydrogen-bond donors (Lipinski definition) is 5. The summed E-state index contributed by atoms with van der Waals surface area (Å²) in [6.45, 7) is 0. The van der Waals surface area contributed by atoms with E-state index in [0.29, 0.717) is 5.69 Å². The molecule has 2 aromatic rings. The number of thiocarbonyl (C=S) groups is 1. The van der Waals surface area contributed by atoms with E-state index in [9.17, 15) is 23.1 Å². The fourth-order valence-corrected chi connectivity index (χ4v) is 2.30. The highest BCUT2D eigenvalue weighted by Crippen LogP contribution is 2.13. The molecule has 0 aliphatic carbocycles. The summed E-state index contributed by atoms with van der Waals surface area (Å²) in [6.07, 6.45) is 0.970. The third-order valence-electron chi connectivity index (χ3n) is 2.70. The van der Waals surface area contributed by atoms with Crippen LogP contribution < -0.4 is 21.7 Å². The maximum Gasteiger partial charge on any atom is 0.328 e. The summed E-state index contributed by atoms with van der Waals surface area (Å²) in [7, 11) is -3.79. The van der Waals surface area contributed by atoms with Crippen LogP contribution in [0.2, 0.25) is 0 Å². The maximum absolute atomic E-state index is 11.5. The lowest BCUT2D eigenvalue weighted by molar-refractivity contribution is 0.447. The van der Waals surface area contributed by atoms with Gasteiger partial charge in [-0.25, -0.2) is 23.3 Å². The summed E-state index contributed by atoms with van der Waals surface area (Å²) in [5, 5.41) is 17.1. The Bertz CT molecular complexity index is 1020. The normalized spacial score (nSPS) is 11.5. The van der Waals surface area contributed by atoms with Gasteiger partial charge in [-0.05, 0) is 36.5 Å². The van der Waals surface area contributed by atoms with Crippen molar-refractivity contribution in [2.75, 3.05) is 5.32 Å². The van der Waals surface area contributed by atoms with E-state index < -0.39 is 27.2 Å². The van der Waals surface area contributed by atoms with Crippen molar-refractivity contribution in [3.05, 3.63) is 50.7 Å². The predicted octanol–water partition coefficient (Wildman–Crippen LogP) is -0.768. The third kappa shape index (κ3) is 4.34. The second kappa shape index (κ2) is 6.74. The van der Waals surface area contributed by atoms with Gasteiger partial charge in [-0.15, -0.1) is 0 Å². The van der Waals surface area contributed by atoms with E-state index >= 15 is 0 Å². The number of nitrogens with two attached hydrogens (primary N) is 1. The van der Waals surface area contributed by atoms with Gasteiger partial charge in [0.25, 0.3) is 5.56 Å². The molecule has 1 aromatic carbocycles. The first-order chi connectivity index (χ1) is 11.2. The van der Waals surface area contributed by atoms with Gasteiger partial charge in [0.05, 0.1) is 4.90 Å². The van der Waals surface area contributed by atoms with E-state index in [1.165, 1.54) is 24.3 Å². The lowest BCUT2D eigenvalue weighted by atomic mass is 10.3. The molecule has 1 heterocycles. The largest absolute Gasteiger partial charge is 0.494 e. The first kappa shape index (κ1) is 17.5. The molecule has 2 rings (SSSR count). The molecule has 6 N–H and O–H groups in total.